The molecule has 4 heteroatoms. The van der Waals surface area contributed by atoms with Crippen molar-refractivity contribution in [2.24, 2.45) is 5.73 Å². The summed E-state index contributed by atoms with van der Waals surface area (Å²) in [5.41, 5.74) is 5.12. The van der Waals surface area contributed by atoms with Crippen molar-refractivity contribution in [1.29, 1.82) is 0 Å². The fourth-order valence-corrected chi connectivity index (χ4v) is 0. The van der Waals surface area contributed by atoms with E-state index in [-0.39, 0.29) is 0 Å². The molecule has 0 amide bonds. The van der Waals surface area contributed by atoms with E-state index in [0.29, 0.717) is 8.11 Å². The number of rotatable bonds is 1. The predicted molar refractivity (Wildman–Crippen MR) is 16.1 cm³/mol. The van der Waals surface area contributed by atoms with E-state index in [1.54, 1.807) is 0 Å². The minimum atomic E-state index is 0.324. The summed E-state index contributed by atoms with van der Waals surface area (Å²) in [6.45, 7) is 0. The van der Waals surface area contributed by atoms with E-state index in [9.17, 15) is 0 Å². The Hall–Kier alpha value is 1.04. The zero-order valence-corrected chi connectivity index (χ0v) is 8.71. The van der Waals surface area contributed by atoms with E-state index in [1.165, 1.54) is 0 Å². The Morgan fingerprint density at radius 3 is 1.67 bits per heavy atom. The Morgan fingerprint density at radius 2 is 1.67 bits per heavy atom. The Labute approximate surface area is 57.5 Å². The van der Waals surface area contributed by atoms with Crippen LogP contribution >= 0.6 is 0 Å². The van der Waals surface area contributed by atoms with E-state index in [0.717, 1.165) is 38.7 Å². The molecule has 0 aromatic heterocycles. The van der Waals surface area contributed by atoms with Gasteiger partial charge >= 0.3 is 57.7 Å². The molecule has 0 aromatic rings. The molecule has 0 saturated carbocycles. The SMILES string of the molecule is N[C](=[W])[C](O)=[W]. The second-order valence-electron chi connectivity index (χ2n) is 0.669. The zero-order chi connectivity index (χ0) is 5.15. The molecule has 0 aromatic carbocycles. The van der Waals surface area contributed by atoms with Gasteiger partial charge in [-0.3, -0.25) is 0 Å². The number of aliphatic hydroxyl groups is 1. The van der Waals surface area contributed by atoms with Gasteiger partial charge in [-0.05, 0) is 0 Å². The molecule has 0 fully saturated rings. The van der Waals surface area contributed by atoms with Crippen molar-refractivity contribution in [2.75, 3.05) is 0 Å². The van der Waals surface area contributed by atoms with Crippen molar-refractivity contribution >= 4 is 8.11 Å². The van der Waals surface area contributed by atoms with Crippen LogP contribution in [0.2, 0.25) is 0 Å². The summed E-state index contributed by atoms with van der Waals surface area (Å²) >= 11 is 2.18. The maximum absolute atomic E-state index is 8.44. The van der Waals surface area contributed by atoms with E-state index in [1.807, 2.05) is 0 Å². The monoisotopic (exact) mass is 425 g/mol. The molecule has 0 aliphatic heterocycles. The van der Waals surface area contributed by atoms with Crippen molar-refractivity contribution in [1.82, 2.24) is 0 Å². The van der Waals surface area contributed by atoms with Crippen molar-refractivity contribution in [3.05, 3.63) is 0 Å². The zero-order valence-electron chi connectivity index (χ0n) is 2.84. The number of aliphatic hydroxyl groups excluding tert-OH is 1. The van der Waals surface area contributed by atoms with Crippen molar-refractivity contribution in [3.63, 3.8) is 0 Å². The van der Waals surface area contributed by atoms with Crippen LogP contribution in [0.1, 0.15) is 0 Å². The van der Waals surface area contributed by atoms with Crippen LogP contribution in [0.15, 0.2) is 0 Å². The molecule has 6 heavy (non-hydrogen) atoms. The van der Waals surface area contributed by atoms with Crippen LogP contribution in [0.25, 0.3) is 0 Å². The second kappa shape index (κ2) is 3.09. The summed E-state index contributed by atoms with van der Waals surface area (Å²) in [5.74, 6) is 0. The molecule has 3 N–H and O–H groups in total. The first-order chi connectivity index (χ1) is 2.64. The van der Waals surface area contributed by atoms with Crippen molar-refractivity contribution < 1.29 is 43.8 Å². The van der Waals surface area contributed by atoms with Gasteiger partial charge in [0.15, 0.2) is 0 Å². The van der Waals surface area contributed by atoms with Crippen LogP contribution in [-0.2, 0) is 38.7 Å². The number of nitrogens with two attached hydrogens (primary N) is 1. The molecule has 0 spiro atoms. The van der Waals surface area contributed by atoms with Gasteiger partial charge in [-0.2, -0.15) is 0 Å². The van der Waals surface area contributed by atoms with E-state index < -0.39 is 0 Å². The molecule has 0 bridgehead atoms. The Bertz CT molecular complexity index is 77.5. The van der Waals surface area contributed by atoms with Gasteiger partial charge in [-0.1, -0.05) is 0 Å². The van der Waals surface area contributed by atoms with E-state index in [2.05, 4.69) is 0 Å². The Morgan fingerprint density at radius 1 is 1.50 bits per heavy atom. The molecule has 0 atom stereocenters. The van der Waals surface area contributed by atoms with E-state index in [4.69, 9.17) is 10.8 Å². The first-order valence-corrected chi connectivity index (χ1v) is 4.10. The van der Waals surface area contributed by atoms with Gasteiger partial charge in [-0.15, -0.1) is 0 Å². The molecule has 2 nitrogen and oxygen atoms in total. The fourth-order valence-electron chi connectivity index (χ4n) is 0. The van der Waals surface area contributed by atoms with Gasteiger partial charge in [-0.25, -0.2) is 0 Å². The van der Waals surface area contributed by atoms with Gasteiger partial charge in [0.2, 0.25) is 0 Å². The average molecular weight is 425 g/mol. The topological polar surface area (TPSA) is 46.2 Å². The minimum absolute atomic E-state index is 0.324. The van der Waals surface area contributed by atoms with Gasteiger partial charge in [0.1, 0.15) is 0 Å². The standard InChI is InChI=1S/C2H3NO.2W/c3-1-2-4;;/h4H,3H2;;. The summed E-state index contributed by atoms with van der Waals surface area (Å²) in [5, 5.41) is 8.44. The molecule has 0 unspecified atom stereocenters. The molecule has 0 aliphatic rings. The normalized spacial score (nSPS) is 7.67. The molecule has 34 valence electrons. The summed E-state index contributed by atoms with van der Waals surface area (Å²) < 4.78 is 0.926. The predicted octanol–water partition coefficient (Wildman–Crippen LogP) is -1.33. The van der Waals surface area contributed by atoms with Crippen LogP contribution in [0.3, 0.4) is 0 Å². The quantitative estimate of drug-likeness (QED) is 0.548. The summed E-state index contributed by atoms with van der Waals surface area (Å²) in [6.07, 6.45) is 0. The summed E-state index contributed by atoms with van der Waals surface area (Å²) in [7, 11) is 0. The fraction of sp³-hybridized carbons (Fsp3) is 0. The summed E-state index contributed by atoms with van der Waals surface area (Å²) in [4.78, 5) is 0. The molecule has 0 rings (SSSR count). The Kier molecular flexibility index (Phi) is 3.63. The molecular formula is C2H3NOW2. The first kappa shape index (κ1) is 7.04. The first-order valence-electron chi connectivity index (χ1n) is 1.17. The van der Waals surface area contributed by atoms with Crippen LogP contribution in [0, 0.1) is 0 Å². The average Bonchev–Trinajstić information content (AvgIpc) is 1.36. The van der Waals surface area contributed by atoms with E-state index >= 15 is 0 Å². The van der Waals surface area contributed by atoms with Crippen LogP contribution in [0.5, 0.6) is 0 Å². The van der Waals surface area contributed by atoms with Gasteiger partial charge in [0.25, 0.3) is 0 Å². The third-order valence-corrected chi connectivity index (χ3v) is 3.71. The van der Waals surface area contributed by atoms with Gasteiger partial charge in [0.05, 0.1) is 0 Å². The van der Waals surface area contributed by atoms with Crippen LogP contribution < -0.4 is 5.73 Å². The third kappa shape index (κ3) is 3.24. The van der Waals surface area contributed by atoms with Crippen molar-refractivity contribution in [2.45, 2.75) is 0 Å². The van der Waals surface area contributed by atoms with Gasteiger partial charge in [0, 0.05) is 0 Å². The van der Waals surface area contributed by atoms with Crippen molar-refractivity contribution in [3.8, 4) is 0 Å². The second-order valence-corrected chi connectivity index (χ2v) is 3.64. The molecule has 0 saturated heterocycles. The molecule has 0 aliphatic carbocycles. The number of hydrogen-bond donors (Lipinski definition) is 2. The third-order valence-electron chi connectivity index (χ3n) is 0.211. The summed E-state index contributed by atoms with van der Waals surface area (Å²) in [6, 6.07) is 0. The number of hydrogen-bond acceptors (Lipinski definition) is 2. The van der Waals surface area contributed by atoms with Crippen LogP contribution in [-0.4, -0.2) is 13.2 Å². The molecular weight excluding hydrogens is 422 g/mol. The van der Waals surface area contributed by atoms with Gasteiger partial charge < -0.3 is 0 Å². The Balaban J connectivity index is 3.57. The molecule has 0 radical (unpaired) electrons. The molecule has 0 heterocycles. The maximum atomic E-state index is 8.44. The van der Waals surface area contributed by atoms with Crippen LogP contribution in [0.4, 0.5) is 0 Å².